The van der Waals surface area contributed by atoms with Gasteiger partial charge in [-0.15, -0.1) is 0 Å². The summed E-state index contributed by atoms with van der Waals surface area (Å²) in [7, 11) is 0. The van der Waals surface area contributed by atoms with Gasteiger partial charge in [0, 0.05) is 6.54 Å². The predicted molar refractivity (Wildman–Crippen MR) is 53.8 cm³/mol. The van der Waals surface area contributed by atoms with Gasteiger partial charge in [-0.25, -0.2) is 0 Å². The maximum atomic E-state index is 11.7. The maximum absolute atomic E-state index is 11.7. The Hall–Kier alpha value is -0.550. The fourth-order valence-electron chi connectivity index (χ4n) is 0.897. The standard InChI is InChI=1S/C10H18F3NO/c1-3-5-14-7-9(2)8-15-6-4-10(11,12)13/h14H,2-8H2,1H3. The molecule has 15 heavy (non-hydrogen) atoms. The molecule has 0 radical (unpaired) electrons. The van der Waals surface area contributed by atoms with Crippen molar-refractivity contribution in [1.29, 1.82) is 0 Å². The number of ether oxygens (including phenoxy) is 1. The summed E-state index contributed by atoms with van der Waals surface area (Å²) in [5, 5.41) is 3.09. The van der Waals surface area contributed by atoms with E-state index in [9.17, 15) is 13.2 Å². The van der Waals surface area contributed by atoms with E-state index in [1.54, 1.807) is 0 Å². The van der Waals surface area contributed by atoms with Crippen molar-refractivity contribution >= 4 is 0 Å². The first-order valence-corrected chi connectivity index (χ1v) is 4.97. The van der Waals surface area contributed by atoms with Crippen LogP contribution in [0.1, 0.15) is 19.8 Å². The highest BCUT2D eigenvalue weighted by Gasteiger charge is 2.26. The molecular weight excluding hydrogens is 207 g/mol. The third-order valence-corrected chi connectivity index (χ3v) is 1.64. The zero-order chi connectivity index (χ0) is 11.7. The van der Waals surface area contributed by atoms with Crippen molar-refractivity contribution in [2.45, 2.75) is 25.9 Å². The summed E-state index contributed by atoms with van der Waals surface area (Å²) >= 11 is 0. The Morgan fingerprint density at radius 2 is 2.07 bits per heavy atom. The average molecular weight is 225 g/mol. The molecule has 0 unspecified atom stereocenters. The number of alkyl halides is 3. The summed E-state index contributed by atoms with van der Waals surface area (Å²) < 4.78 is 40.0. The van der Waals surface area contributed by atoms with Gasteiger partial charge in [-0.05, 0) is 18.5 Å². The highest BCUT2D eigenvalue weighted by molar-refractivity contribution is 4.96. The van der Waals surface area contributed by atoms with Crippen LogP contribution in [0.15, 0.2) is 12.2 Å². The first kappa shape index (κ1) is 14.5. The van der Waals surface area contributed by atoms with Crippen LogP contribution in [0.3, 0.4) is 0 Å². The van der Waals surface area contributed by atoms with Crippen molar-refractivity contribution in [2.24, 2.45) is 0 Å². The number of nitrogens with one attached hydrogen (secondary N) is 1. The van der Waals surface area contributed by atoms with Crippen molar-refractivity contribution in [3.63, 3.8) is 0 Å². The van der Waals surface area contributed by atoms with Crippen LogP contribution in [0.2, 0.25) is 0 Å². The van der Waals surface area contributed by atoms with E-state index < -0.39 is 12.6 Å². The van der Waals surface area contributed by atoms with Crippen LogP contribution in [-0.2, 0) is 4.74 Å². The molecular formula is C10H18F3NO. The summed E-state index contributed by atoms with van der Waals surface area (Å²) in [5.74, 6) is 0. The molecule has 0 aliphatic heterocycles. The molecule has 0 bridgehead atoms. The van der Waals surface area contributed by atoms with E-state index in [1.165, 1.54) is 0 Å². The minimum Gasteiger partial charge on any atom is -0.377 e. The molecule has 0 aromatic carbocycles. The SMILES string of the molecule is C=C(CNCCC)COCCC(F)(F)F. The summed E-state index contributed by atoms with van der Waals surface area (Å²) in [6, 6.07) is 0. The van der Waals surface area contributed by atoms with Gasteiger partial charge in [0.1, 0.15) is 0 Å². The predicted octanol–water partition coefficient (Wildman–Crippen LogP) is 2.51. The molecule has 2 nitrogen and oxygen atoms in total. The lowest BCUT2D eigenvalue weighted by atomic mass is 10.3. The van der Waals surface area contributed by atoms with Crippen molar-refractivity contribution in [3.8, 4) is 0 Å². The van der Waals surface area contributed by atoms with E-state index in [0.717, 1.165) is 18.5 Å². The summed E-state index contributed by atoms with van der Waals surface area (Å²) in [6.45, 7) is 7.09. The van der Waals surface area contributed by atoms with Gasteiger partial charge in [-0.1, -0.05) is 13.5 Å². The molecule has 90 valence electrons. The highest BCUT2D eigenvalue weighted by atomic mass is 19.4. The summed E-state index contributed by atoms with van der Waals surface area (Å²) in [6.07, 6.45) is -4.02. The summed E-state index contributed by atoms with van der Waals surface area (Å²) in [4.78, 5) is 0. The number of rotatable bonds is 8. The van der Waals surface area contributed by atoms with Gasteiger partial charge in [0.05, 0.1) is 19.6 Å². The second kappa shape index (κ2) is 7.70. The van der Waals surface area contributed by atoms with Gasteiger partial charge in [0.15, 0.2) is 0 Å². The summed E-state index contributed by atoms with van der Waals surface area (Å²) in [5.41, 5.74) is 0.769. The third-order valence-electron chi connectivity index (χ3n) is 1.64. The molecule has 0 fully saturated rings. The number of halogens is 3. The monoisotopic (exact) mass is 225 g/mol. The minimum atomic E-state index is -4.14. The first-order valence-electron chi connectivity index (χ1n) is 4.97. The van der Waals surface area contributed by atoms with Gasteiger partial charge in [0.25, 0.3) is 0 Å². The molecule has 0 aliphatic carbocycles. The highest BCUT2D eigenvalue weighted by Crippen LogP contribution is 2.18. The lowest BCUT2D eigenvalue weighted by Gasteiger charge is -2.09. The Kier molecular flexibility index (Phi) is 7.42. The fraction of sp³-hybridized carbons (Fsp3) is 0.800. The molecule has 0 amide bonds. The molecule has 0 saturated carbocycles. The average Bonchev–Trinajstić information content (AvgIpc) is 2.11. The van der Waals surface area contributed by atoms with E-state index in [0.29, 0.717) is 6.54 Å². The van der Waals surface area contributed by atoms with Crippen LogP contribution in [-0.4, -0.2) is 32.5 Å². The molecule has 0 aromatic heterocycles. The molecule has 0 aromatic rings. The first-order chi connectivity index (χ1) is 6.95. The van der Waals surface area contributed by atoms with E-state index in [4.69, 9.17) is 4.74 Å². The molecule has 0 atom stereocenters. The van der Waals surface area contributed by atoms with Gasteiger partial charge < -0.3 is 10.1 Å². The van der Waals surface area contributed by atoms with Crippen molar-refractivity contribution in [1.82, 2.24) is 5.32 Å². The topological polar surface area (TPSA) is 21.3 Å². The van der Waals surface area contributed by atoms with Gasteiger partial charge in [-0.2, -0.15) is 13.2 Å². The quantitative estimate of drug-likeness (QED) is 0.506. The van der Waals surface area contributed by atoms with E-state index in [2.05, 4.69) is 11.9 Å². The lowest BCUT2D eigenvalue weighted by Crippen LogP contribution is -2.20. The van der Waals surface area contributed by atoms with Crippen LogP contribution < -0.4 is 5.32 Å². The van der Waals surface area contributed by atoms with Crippen LogP contribution in [0.25, 0.3) is 0 Å². The van der Waals surface area contributed by atoms with Crippen molar-refractivity contribution in [2.75, 3.05) is 26.3 Å². The molecule has 1 N–H and O–H groups in total. The molecule has 0 rings (SSSR count). The number of hydrogen-bond donors (Lipinski definition) is 1. The van der Waals surface area contributed by atoms with E-state index >= 15 is 0 Å². The van der Waals surface area contributed by atoms with Crippen molar-refractivity contribution in [3.05, 3.63) is 12.2 Å². The second-order valence-corrected chi connectivity index (χ2v) is 3.34. The fourth-order valence-corrected chi connectivity index (χ4v) is 0.897. The van der Waals surface area contributed by atoms with Crippen LogP contribution >= 0.6 is 0 Å². The maximum Gasteiger partial charge on any atom is 0.391 e. The smallest absolute Gasteiger partial charge is 0.377 e. The van der Waals surface area contributed by atoms with Gasteiger partial charge in [0.2, 0.25) is 0 Å². The van der Waals surface area contributed by atoms with E-state index in [1.807, 2.05) is 6.92 Å². The third kappa shape index (κ3) is 11.4. The minimum absolute atomic E-state index is 0.187. The molecule has 5 heteroatoms. The molecule has 0 saturated heterocycles. The Bertz CT molecular complexity index is 180. The van der Waals surface area contributed by atoms with Crippen LogP contribution in [0.4, 0.5) is 13.2 Å². The normalized spacial score (nSPS) is 11.7. The second-order valence-electron chi connectivity index (χ2n) is 3.34. The zero-order valence-electron chi connectivity index (χ0n) is 8.99. The molecule has 0 aliphatic rings. The zero-order valence-corrected chi connectivity index (χ0v) is 8.99. The Morgan fingerprint density at radius 3 is 2.60 bits per heavy atom. The van der Waals surface area contributed by atoms with Gasteiger partial charge >= 0.3 is 6.18 Å². The number of hydrogen-bond acceptors (Lipinski definition) is 2. The lowest BCUT2D eigenvalue weighted by molar-refractivity contribution is -0.144. The van der Waals surface area contributed by atoms with Crippen molar-refractivity contribution < 1.29 is 17.9 Å². The van der Waals surface area contributed by atoms with Crippen LogP contribution in [0, 0.1) is 0 Å². The van der Waals surface area contributed by atoms with Gasteiger partial charge in [-0.3, -0.25) is 0 Å². The largest absolute Gasteiger partial charge is 0.391 e. The molecule has 0 heterocycles. The van der Waals surface area contributed by atoms with Crippen LogP contribution in [0.5, 0.6) is 0 Å². The Morgan fingerprint density at radius 1 is 1.40 bits per heavy atom. The Labute approximate surface area is 88.5 Å². The Balaban J connectivity index is 3.32. The molecule has 0 spiro atoms. The van der Waals surface area contributed by atoms with E-state index in [-0.39, 0.29) is 13.2 Å².